The number of benzene rings is 1. The molecule has 6 heteroatoms. The predicted octanol–water partition coefficient (Wildman–Crippen LogP) is 1.93. The number of hydrogen-bond donors (Lipinski definition) is 0. The molecule has 1 aromatic rings. The molecule has 0 aliphatic carbocycles. The monoisotopic (exact) mass is 322 g/mol. The molecule has 0 atom stereocenters. The van der Waals surface area contributed by atoms with E-state index < -0.39 is 0 Å². The van der Waals surface area contributed by atoms with Crippen LogP contribution in [0, 0.1) is 0 Å². The molecule has 2 aliphatic heterocycles. The number of para-hydroxylation sites is 1. The van der Waals surface area contributed by atoms with Crippen molar-refractivity contribution in [2.24, 2.45) is 0 Å². The Balaban J connectivity index is 1.54. The van der Waals surface area contributed by atoms with E-state index >= 15 is 0 Å². The first-order valence-electron chi connectivity index (χ1n) is 7.13. The number of carbonyl (C=O) groups excluding carboxylic acids is 1. The van der Waals surface area contributed by atoms with Gasteiger partial charge in [-0.2, -0.15) is 0 Å². The minimum Gasteiger partial charge on any atom is -0.378 e. The first-order valence-corrected chi connectivity index (χ1v) is 8.53. The Morgan fingerprint density at radius 1 is 1.24 bits per heavy atom. The highest BCUT2D eigenvalue weighted by Crippen LogP contribution is 2.28. The van der Waals surface area contributed by atoms with Gasteiger partial charge < -0.3 is 14.5 Å². The van der Waals surface area contributed by atoms with Gasteiger partial charge in [0, 0.05) is 25.3 Å². The third-order valence-electron chi connectivity index (χ3n) is 3.78. The highest BCUT2D eigenvalue weighted by atomic mass is 32.2. The van der Waals surface area contributed by atoms with E-state index in [0.717, 1.165) is 36.1 Å². The SMILES string of the molecule is O=C(CSC(=S)N1CCOCC1)N1CCc2ccccc21. The van der Waals surface area contributed by atoms with Crippen molar-refractivity contribution in [3.63, 3.8) is 0 Å². The van der Waals surface area contributed by atoms with Gasteiger partial charge in [-0.3, -0.25) is 4.79 Å². The Labute approximate surface area is 134 Å². The fourth-order valence-corrected chi connectivity index (χ4v) is 3.76. The zero-order valence-corrected chi connectivity index (χ0v) is 13.4. The van der Waals surface area contributed by atoms with Crippen LogP contribution in [-0.4, -0.2) is 53.7 Å². The molecule has 112 valence electrons. The first-order chi connectivity index (χ1) is 10.3. The Morgan fingerprint density at radius 2 is 2.00 bits per heavy atom. The molecule has 1 aromatic carbocycles. The quantitative estimate of drug-likeness (QED) is 0.777. The molecule has 1 saturated heterocycles. The lowest BCUT2D eigenvalue weighted by molar-refractivity contribution is -0.116. The Bertz CT molecular complexity index is 544. The molecule has 1 amide bonds. The molecule has 0 radical (unpaired) electrons. The van der Waals surface area contributed by atoms with E-state index in [-0.39, 0.29) is 5.91 Å². The lowest BCUT2D eigenvalue weighted by atomic mass is 10.2. The Morgan fingerprint density at radius 3 is 2.81 bits per heavy atom. The average molecular weight is 322 g/mol. The number of thioether (sulfide) groups is 1. The normalized spacial score (nSPS) is 17.7. The van der Waals surface area contributed by atoms with Gasteiger partial charge in [0.15, 0.2) is 0 Å². The summed E-state index contributed by atoms with van der Waals surface area (Å²) in [6.07, 6.45) is 0.945. The number of ether oxygens (including phenoxy) is 1. The third kappa shape index (κ3) is 3.39. The van der Waals surface area contributed by atoms with Crippen LogP contribution in [0.1, 0.15) is 5.56 Å². The fourth-order valence-electron chi connectivity index (χ4n) is 2.64. The summed E-state index contributed by atoms with van der Waals surface area (Å²) >= 11 is 6.87. The second-order valence-corrected chi connectivity index (χ2v) is 6.69. The highest BCUT2D eigenvalue weighted by molar-refractivity contribution is 8.23. The molecule has 2 heterocycles. The summed E-state index contributed by atoms with van der Waals surface area (Å²) in [6.45, 7) is 3.87. The lowest BCUT2D eigenvalue weighted by Crippen LogP contribution is -2.39. The molecule has 0 N–H and O–H groups in total. The van der Waals surface area contributed by atoms with Gasteiger partial charge in [-0.25, -0.2) is 0 Å². The molecule has 2 aliphatic rings. The number of fused-ring (bicyclic) bond motifs is 1. The van der Waals surface area contributed by atoms with Crippen LogP contribution in [0.25, 0.3) is 0 Å². The maximum Gasteiger partial charge on any atom is 0.237 e. The van der Waals surface area contributed by atoms with Crippen LogP contribution in [0.3, 0.4) is 0 Å². The molecule has 0 saturated carbocycles. The van der Waals surface area contributed by atoms with Crippen molar-refractivity contribution in [3.05, 3.63) is 29.8 Å². The molecule has 0 spiro atoms. The van der Waals surface area contributed by atoms with Crippen molar-refractivity contribution >= 4 is 39.9 Å². The van der Waals surface area contributed by atoms with Crippen LogP contribution < -0.4 is 4.90 Å². The van der Waals surface area contributed by atoms with Crippen molar-refractivity contribution < 1.29 is 9.53 Å². The Hall–Kier alpha value is -1.11. The molecule has 1 fully saturated rings. The van der Waals surface area contributed by atoms with Crippen molar-refractivity contribution in [1.29, 1.82) is 0 Å². The van der Waals surface area contributed by atoms with Crippen LogP contribution in [0.5, 0.6) is 0 Å². The van der Waals surface area contributed by atoms with Gasteiger partial charge in [0.25, 0.3) is 0 Å². The van der Waals surface area contributed by atoms with Gasteiger partial charge in [-0.1, -0.05) is 42.2 Å². The van der Waals surface area contributed by atoms with Crippen molar-refractivity contribution in [1.82, 2.24) is 4.90 Å². The van der Waals surface area contributed by atoms with Crippen LogP contribution >= 0.6 is 24.0 Å². The second kappa shape index (κ2) is 6.77. The summed E-state index contributed by atoms with van der Waals surface area (Å²) in [7, 11) is 0. The van der Waals surface area contributed by atoms with Gasteiger partial charge in [-0.05, 0) is 18.1 Å². The molecule has 3 rings (SSSR count). The van der Waals surface area contributed by atoms with E-state index in [9.17, 15) is 4.79 Å². The molecule has 0 bridgehead atoms. The van der Waals surface area contributed by atoms with Gasteiger partial charge >= 0.3 is 0 Å². The fraction of sp³-hybridized carbons (Fsp3) is 0.467. The number of carbonyl (C=O) groups is 1. The Kier molecular flexibility index (Phi) is 4.77. The molecule has 4 nitrogen and oxygen atoms in total. The van der Waals surface area contributed by atoms with E-state index in [2.05, 4.69) is 11.0 Å². The van der Waals surface area contributed by atoms with Crippen LogP contribution in [0.2, 0.25) is 0 Å². The van der Waals surface area contributed by atoms with Crippen LogP contribution in [0.15, 0.2) is 24.3 Å². The van der Waals surface area contributed by atoms with E-state index in [1.165, 1.54) is 17.3 Å². The van der Waals surface area contributed by atoms with Gasteiger partial charge in [-0.15, -0.1) is 0 Å². The largest absolute Gasteiger partial charge is 0.378 e. The van der Waals surface area contributed by atoms with E-state index in [1.54, 1.807) is 0 Å². The summed E-state index contributed by atoms with van der Waals surface area (Å²) in [4.78, 5) is 16.4. The summed E-state index contributed by atoms with van der Waals surface area (Å²) < 4.78 is 6.11. The van der Waals surface area contributed by atoms with Crippen LogP contribution in [-0.2, 0) is 16.0 Å². The minimum atomic E-state index is 0.139. The highest BCUT2D eigenvalue weighted by Gasteiger charge is 2.24. The zero-order chi connectivity index (χ0) is 14.7. The van der Waals surface area contributed by atoms with E-state index in [4.69, 9.17) is 17.0 Å². The molecular weight excluding hydrogens is 304 g/mol. The van der Waals surface area contributed by atoms with Crippen LogP contribution in [0.4, 0.5) is 5.69 Å². The van der Waals surface area contributed by atoms with E-state index in [1.807, 2.05) is 23.1 Å². The number of rotatable bonds is 2. The zero-order valence-electron chi connectivity index (χ0n) is 11.8. The average Bonchev–Trinajstić information content (AvgIpc) is 2.97. The summed E-state index contributed by atoms with van der Waals surface area (Å²) in [6, 6.07) is 8.12. The summed E-state index contributed by atoms with van der Waals surface area (Å²) in [5, 5.41) is 0. The van der Waals surface area contributed by atoms with Gasteiger partial charge in [0.05, 0.1) is 19.0 Å². The summed E-state index contributed by atoms with van der Waals surface area (Å²) in [5.41, 5.74) is 2.31. The lowest BCUT2D eigenvalue weighted by Gasteiger charge is -2.28. The first kappa shape index (κ1) is 14.8. The number of anilines is 1. The van der Waals surface area contributed by atoms with Crippen molar-refractivity contribution in [3.8, 4) is 0 Å². The standard InChI is InChI=1S/C15H18N2O2S2/c18-14(11-21-15(20)16-7-9-19-10-8-16)17-6-5-12-3-1-2-4-13(12)17/h1-4H,5-11H2. The summed E-state index contributed by atoms with van der Waals surface area (Å²) in [5.74, 6) is 0.547. The molecule has 0 unspecified atom stereocenters. The van der Waals surface area contributed by atoms with Crippen molar-refractivity contribution in [2.75, 3.05) is 43.5 Å². The third-order valence-corrected chi connectivity index (χ3v) is 5.28. The number of hydrogen-bond acceptors (Lipinski definition) is 4. The van der Waals surface area contributed by atoms with Crippen molar-refractivity contribution in [2.45, 2.75) is 6.42 Å². The smallest absolute Gasteiger partial charge is 0.237 e. The maximum atomic E-state index is 12.4. The van der Waals surface area contributed by atoms with E-state index in [0.29, 0.717) is 19.0 Å². The second-order valence-electron chi connectivity index (χ2n) is 5.08. The van der Waals surface area contributed by atoms with Gasteiger partial charge in [0.1, 0.15) is 4.32 Å². The van der Waals surface area contributed by atoms with Gasteiger partial charge in [0.2, 0.25) is 5.91 Å². The number of nitrogens with zero attached hydrogens (tertiary/aromatic N) is 2. The molecule has 21 heavy (non-hydrogen) atoms. The topological polar surface area (TPSA) is 32.8 Å². The minimum absolute atomic E-state index is 0.139. The molecular formula is C15H18N2O2S2. The number of morpholine rings is 1. The number of thiocarbonyl (C=S) groups is 1. The predicted molar refractivity (Wildman–Crippen MR) is 89.9 cm³/mol. The maximum absolute atomic E-state index is 12.4. The number of amides is 1. The molecule has 0 aromatic heterocycles.